The quantitative estimate of drug-likeness (QED) is 0.565. The van der Waals surface area contributed by atoms with Crippen LogP contribution in [0.25, 0.3) is 0 Å². The van der Waals surface area contributed by atoms with E-state index < -0.39 is 0 Å². The Morgan fingerprint density at radius 1 is 0.963 bits per heavy atom. The van der Waals surface area contributed by atoms with Gasteiger partial charge in [0, 0.05) is 38.6 Å². The van der Waals surface area contributed by atoms with Crippen LogP contribution < -0.4 is 10.2 Å². The van der Waals surface area contributed by atoms with Crippen molar-refractivity contribution >= 4 is 17.3 Å². The standard InChI is InChI=1S/C22H26N4O/c1-18-24-21(23-14-9-15-27-2)16-22(25-18)26(20-12-7-4-8-13-20)17-19-10-5-3-6-11-19/h3-8,10-13,16H,9,14-15,17H2,1-2H3,(H,23,24,25). The molecule has 1 heterocycles. The summed E-state index contributed by atoms with van der Waals surface area (Å²) in [5.74, 6) is 2.46. The second kappa shape index (κ2) is 9.69. The smallest absolute Gasteiger partial charge is 0.139 e. The van der Waals surface area contributed by atoms with Gasteiger partial charge in [0.25, 0.3) is 0 Å². The molecular weight excluding hydrogens is 336 g/mol. The van der Waals surface area contributed by atoms with Gasteiger partial charge in [-0.25, -0.2) is 9.97 Å². The highest BCUT2D eigenvalue weighted by Gasteiger charge is 2.13. The van der Waals surface area contributed by atoms with Gasteiger partial charge in [-0.05, 0) is 31.0 Å². The molecule has 0 spiro atoms. The van der Waals surface area contributed by atoms with Crippen molar-refractivity contribution in [3.05, 3.63) is 78.1 Å². The third kappa shape index (κ3) is 5.53. The Morgan fingerprint density at radius 2 is 1.67 bits per heavy atom. The van der Waals surface area contributed by atoms with Crippen LogP contribution >= 0.6 is 0 Å². The first kappa shape index (κ1) is 18.9. The number of nitrogens with one attached hydrogen (secondary N) is 1. The second-order valence-corrected chi connectivity index (χ2v) is 6.34. The zero-order valence-electron chi connectivity index (χ0n) is 15.9. The van der Waals surface area contributed by atoms with Crippen molar-refractivity contribution in [1.82, 2.24) is 9.97 Å². The fourth-order valence-electron chi connectivity index (χ4n) is 2.89. The number of anilines is 3. The third-order valence-electron chi connectivity index (χ3n) is 4.18. The minimum atomic E-state index is 0.730. The second-order valence-electron chi connectivity index (χ2n) is 6.34. The molecule has 0 atom stereocenters. The summed E-state index contributed by atoms with van der Waals surface area (Å²) in [5.41, 5.74) is 2.33. The van der Waals surface area contributed by atoms with Gasteiger partial charge in [0.1, 0.15) is 17.5 Å². The van der Waals surface area contributed by atoms with Crippen molar-refractivity contribution in [3.8, 4) is 0 Å². The Labute approximate surface area is 161 Å². The molecule has 2 aromatic carbocycles. The van der Waals surface area contributed by atoms with Gasteiger partial charge in [-0.15, -0.1) is 0 Å². The third-order valence-corrected chi connectivity index (χ3v) is 4.18. The van der Waals surface area contributed by atoms with Crippen LogP contribution in [0.4, 0.5) is 17.3 Å². The van der Waals surface area contributed by atoms with E-state index in [0.717, 1.165) is 49.3 Å². The molecule has 0 amide bonds. The zero-order valence-corrected chi connectivity index (χ0v) is 15.9. The molecule has 140 valence electrons. The lowest BCUT2D eigenvalue weighted by atomic mass is 10.2. The van der Waals surface area contributed by atoms with Gasteiger partial charge in [0.15, 0.2) is 0 Å². The summed E-state index contributed by atoms with van der Waals surface area (Å²) in [6, 6.07) is 22.8. The Hall–Kier alpha value is -2.92. The fraction of sp³-hybridized carbons (Fsp3) is 0.273. The molecule has 0 bridgehead atoms. The lowest BCUT2D eigenvalue weighted by Gasteiger charge is -2.25. The number of ether oxygens (including phenoxy) is 1. The first-order valence-electron chi connectivity index (χ1n) is 9.21. The molecule has 0 aliphatic rings. The summed E-state index contributed by atoms with van der Waals surface area (Å²) >= 11 is 0. The molecule has 0 saturated heterocycles. The predicted octanol–water partition coefficient (Wildman–Crippen LogP) is 4.57. The van der Waals surface area contributed by atoms with E-state index in [1.807, 2.05) is 37.3 Å². The van der Waals surface area contributed by atoms with Crippen molar-refractivity contribution < 1.29 is 4.74 Å². The molecule has 1 aromatic heterocycles. The van der Waals surface area contributed by atoms with Gasteiger partial charge >= 0.3 is 0 Å². The van der Waals surface area contributed by atoms with Crippen LogP contribution in [0, 0.1) is 6.92 Å². The maximum absolute atomic E-state index is 5.11. The average Bonchev–Trinajstić information content (AvgIpc) is 2.70. The van der Waals surface area contributed by atoms with Gasteiger partial charge in [-0.3, -0.25) is 0 Å². The highest BCUT2D eigenvalue weighted by Crippen LogP contribution is 2.27. The Bertz CT molecular complexity index is 824. The number of hydrogen-bond acceptors (Lipinski definition) is 5. The molecule has 0 saturated carbocycles. The summed E-state index contributed by atoms with van der Waals surface area (Å²) in [6.45, 7) is 4.21. The molecule has 1 N–H and O–H groups in total. The SMILES string of the molecule is COCCCNc1cc(N(Cc2ccccc2)c2ccccc2)nc(C)n1. The first-order chi connectivity index (χ1) is 13.3. The zero-order chi connectivity index (χ0) is 18.9. The van der Waals surface area contributed by atoms with Crippen molar-refractivity contribution in [3.63, 3.8) is 0 Å². The normalized spacial score (nSPS) is 10.6. The Morgan fingerprint density at radius 3 is 2.37 bits per heavy atom. The predicted molar refractivity (Wildman–Crippen MR) is 110 cm³/mol. The van der Waals surface area contributed by atoms with E-state index in [-0.39, 0.29) is 0 Å². The molecule has 0 aliphatic heterocycles. The van der Waals surface area contributed by atoms with Gasteiger partial charge in [-0.2, -0.15) is 0 Å². The largest absolute Gasteiger partial charge is 0.385 e. The van der Waals surface area contributed by atoms with Crippen LogP contribution in [-0.4, -0.2) is 30.2 Å². The molecule has 0 unspecified atom stereocenters. The van der Waals surface area contributed by atoms with Crippen molar-refractivity contribution in [1.29, 1.82) is 0 Å². The molecular formula is C22H26N4O. The maximum atomic E-state index is 5.11. The number of para-hydroxylation sites is 1. The monoisotopic (exact) mass is 362 g/mol. The minimum Gasteiger partial charge on any atom is -0.385 e. The van der Waals surface area contributed by atoms with E-state index in [9.17, 15) is 0 Å². The average molecular weight is 362 g/mol. The molecule has 27 heavy (non-hydrogen) atoms. The Kier molecular flexibility index (Phi) is 6.77. The lowest BCUT2D eigenvalue weighted by molar-refractivity contribution is 0.198. The number of benzene rings is 2. The molecule has 3 aromatic rings. The van der Waals surface area contributed by atoms with Crippen LogP contribution in [-0.2, 0) is 11.3 Å². The van der Waals surface area contributed by atoms with Crippen LogP contribution in [0.5, 0.6) is 0 Å². The highest BCUT2D eigenvalue weighted by molar-refractivity contribution is 5.62. The minimum absolute atomic E-state index is 0.730. The van der Waals surface area contributed by atoms with Crippen molar-refractivity contribution in [2.24, 2.45) is 0 Å². The van der Waals surface area contributed by atoms with E-state index in [2.05, 4.69) is 51.6 Å². The number of rotatable bonds is 9. The first-order valence-corrected chi connectivity index (χ1v) is 9.21. The summed E-state index contributed by atoms with van der Waals surface area (Å²) in [5, 5.41) is 3.37. The van der Waals surface area contributed by atoms with Gasteiger partial charge in [0.05, 0.1) is 0 Å². The van der Waals surface area contributed by atoms with E-state index in [0.29, 0.717) is 0 Å². The summed E-state index contributed by atoms with van der Waals surface area (Å²) in [6.07, 6.45) is 0.932. The van der Waals surface area contributed by atoms with E-state index >= 15 is 0 Å². The summed E-state index contributed by atoms with van der Waals surface area (Å²) in [7, 11) is 1.72. The molecule has 0 aliphatic carbocycles. The molecule has 3 rings (SSSR count). The number of hydrogen-bond donors (Lipinski definition) is 1. The molecule has 5 nitrogen and oxygen atoms in total. The molecule has 0 fully saturated rings. The van der Waals surface area contributed by atoms with Crippen molar-refractivity contribution in [2.45, 2.75) is 19.9 Å². The summed E-state index contributed by atoms with van der Waals surface area (Å²) in [4.78, 5) is 11.4. The number of nitrogens with zero attached hydrogens (tertiary/aromatic N) is 3. The maximum Gasteiger partial charge on any atom is 0.139 e. The number of aryl methyl sites for hydroxylation is 1. The van der Waals surface area contributed by atoms with Crippen LogP contribution in [0.3, 0.4) is 0 Å². The molecule has 5 heteroatoms. The molecule has 0 radical (unpaired) electrons. The lowest BCUT2D eigenvalue weighted by Crippen LogP contribution is -2.19. The fourth-order valence-corrected chi connectivity index (χ4v) is 2.89. The Balaban J connectivity index is 1.88. The topological polar surface area (TPSA) is 50.3 Å². The number of methoxy groups -OCH3 is 1. The van der Waals surface area contributed by atoms with Gasteiger partial charge in [-0.1, -0.05) is 48.5 Å². The van der Waals surface area contributed by atoms with E-state index in [1.54, 1.807) is 7.11 Å². The van der Waals surface area contributed by atoms with Gasteiger partial charge in [0.2, 0.25) is 0 Å². The van der Waals surface area contributed by atoms with Crippen LogP contribution in [0.15, 0.2) is 66.7 Å². The number of aromatic nitrogens is 2. The van der Waals surface area contributed by atoms with Gasteiger partial charge < -0.3 is 15.0 Å². The van der Waals surface area contributed by atoms with E-state index in [4.69, 9.17) is 9.72 Å². The van der Waals surface area contributed by atoms with Crippen molar-refractivity contribution in [2.75, 3.05) is 30.5 Å². The van der Waals surface area contributed by atoms with Crippen LogP contribution in [0.2, 0.25) is 0 Å². The summed E-state index contributed by atoms with van der Waals surface area (Å²) < 4.78 is 5.11. The van der Waals surface area contributed by atoms with Crippen LogP contribution in [0.1, 0.15) is 17.8 Å². The highest BCUT2D eigenvalue weighted by atomic mass is 16.5. The van der Waals surface area contributed by atoms with E-state index in [1.165, 1.54) is 5.56 Å².